The summed E-state index contributed by atoms with van der Waals surface area (Å²) in [5.74, 6) is 0. The number of aryl methyl sites for hydroxylation is 2. The molecule has 0 saturated heterocycles. The fraction of sp³-hybridized carbons (Fsp3) is 0.520. The van der Waals surface area contributed by atoms with Gasteiger partial charge in [-0.2, -0.15) is 0 Å². The molecule has 0 aliphatic carbocycles. The molecule has 156 valence electrons. The molecule has 0 atom stereocenters. The van der Waals surface area contributed by atoms with E-state index in [1.54, 1.807) is 0 Å². The van der Waals surface area contributed by atoms with Crippen molar-refractivity contribution < 1.29 is 4.74 Å². The third-order valence-corrected chi connectivity index (χ3v) is 4.89. The monoisotopic (exact) mass is 384 g/mol. The summed E-state index contributed by atoms with van der Waals surface area (Å²) in [5.41, 5.74) is 3.51. The quantitative estimate of drug-likeness (QED) is 0.442. The Bertz CT molecular complexity index is 628. The van der Waals surface area contributed by atoms with Gasteiger partial charge in [-0.15, -0.1) is 13.2 Å². The molecule has 0 saturated carbocycles. The molecule has 0 aliphatic heterocycles. The molecule has 0 radical (unpaired) electrons. The first-order valence-corrected chi connectivity index (χ1v) is 10.2. The molecule has 3 heteroatoms. The molecule has 1 aromatic carbocycles. The molecule has 1 rings (SSSR count). The molecule has 0 fully saturated rings. The van der Waals surface area contributed by atoms with Crippen LogP contribution in [0.3, 0.4) is 0 Å². The van der Waals surface area contributed by atoms with E-state index in [1.807, 2.05) is 12.2 Å². The molecule has 28 heavy (non-hydrogen) atoms. The second-order valence-corrected chi connectivity index (χ2v) is 8.81. The van der Waals surface area contributed by atoms with Crippen LogP contribution in [0, 0.1) is 6.92 Å². The first-order valence-electron chi connectivity index (χ1n) is 10.2. The normalized spacial score (nSPS) is 11.9. The standard InChI is InChI=1S/C25H40N2O/c1-9-17-26-24(5,6)19-28-20-25(7,8)27(18-10-2)22(4)13-16-23-14-11-21(3)12-15-23/h9-12,14-15,26H,1-2,4,13,16-20H2,3,5-8H3. The summed E-state index contributed by atoms with van der Waals surface area (Å²) in [6.07, 6.45) is 5.72. The molecular formula is C25H40N2O. The lowest BCUT2D eigenvalue weighted by atomic mass is 10.00. The van der Waals surface area contributed by atoms with Crippen LogP contribution < -0.4 is 5.32 Å². The van der Waals surface area contributed by atoms with Crippen molar-refractivity contribution >= 4 is 0 Å². The van der Waals surface area contributed by atoms with Crippen molar-refractivity contribution in [1.82, 2.24) is 10.2 Å². The lowest BCUT2D eigenvalue weighted by molar-refractivity contribution is 0.00980. The zero-order chi connectivity index (χ0) is 21.2. The van der Waals surface area contributed by atoms with E-state index in [-0.39, 0.29) is 11.1 Å². The molecule has 0 spiro atoms. The Morgan fingerprint density at radius 1 is 1.07 bits per heavy atom. The summed E-state index contributed by atoms with van der Waals surface area (Å²) in [5, 5.41) is 3.42. The molecule has 0 bridgehead atoms. The van der Waals surface area contributed by atoms with E-state index >= 15 is 0 Å². The molecule has 0 aromatic heterocycles. The van der Waals surface area contributed by atoms with Crippen LogP contribution in [0.25, 0.3) is 0 Å². The predicted octanol–water partition coefficient (Wildman–Crippen LogP) is 5.28. The van der Waals surface area contributed by atoms with Crippen molar-refractivity contribution in [2.45, 2.75) is 58.5 Å². The molecule has 0 heterocycles. The van der Waals surface area contributed by atoms with E-state index < -0.39 is 0 Å². The summed E-state index contributed by atoms with van der Waals surface area (Å²) in [6, 6.07) is 8.74. The maximum Gasteiger partial charge on any atom is 0.0694 e. The molecule has 0 unspecified atom stereocenters. The number of ether oxygens (including phenoxy) is 1. The van der Waals surface area contributed by atoms with Gasteiger partial charge in [0.25, 0.3) is 0 Å². The van der Waals surface area contributed by atoms with E-state index in [1.165, 1.54) is 11.1 Å². The number of benzene rings is 1. The minimum atomic E-state index is -0.160. The van der Waals surface area contributed by atoms with Gasteiger partial charge < -0.3 is 15.0 Å². The Morgan fingerprint density at radius 3 is 2.29 bits per heavy atom. The Balaban J connectivity index is 2.64. The van der Waals surface area contributed by atoms with E-state index in [9.17, 15) is 0 Å². The van der Waals surface area contributed by atoms with Crippen LogP contribution >= 0.6 is 0 Å². The van der Waals surface area contributed by atoms with Gasteiger partial charge in [-0.3, -0.25) is 0 Å². The molecule has 3 nitrogen and oxygen atoms in total. The smallest absolute Gasteiger partial charge is 0.0694 e. The number of allylic oxidation sites excluding steroid dienone is 1. The van der Waals surface area contributed by atoms with E-state index in [2.05, 4.69) is 88.8 Å². The van der Waals surface area contributed by atoms with Gasteiger partial charge in [0, 0.05) is 24.3 Å². The summed E-state index contributed by atoms with van der Waals surface area (Å²) < 4.78 is 6.10. The van der Waals surface area contributed by atoms with Crippen molar-refractivity contribution in [2.24, 2.45) is 0 Å². The number of hydrogen-bond donors (Lipinski definition) is 1. The third-order valence-electron chi connectivity index (χ3n) is 4.89. The largest absolute Gasteiger partial charge is 0.377 e. The summed E-state index contributed by atoms with van der Waals surface area (Å²) in [4.78, 5) is 2.32. The first-order chi connectivity index (χ1) is 13.1. The van der Waals surface area contributed by atoms with Crippen LogP contribution in [-0.2, 0) is 11.2 Å². The number of hydrogen-bond acceptors (Lipinski definition) is 3. The highest BCUT2D eigenvalue weighted by atomic mass is 16.5. The third kappa shape index (κ3) is 8.45. The van der Waals surface area contributed by atoms with Gasteiger partial charge in [0.15, 0.2) is 0 Å². The Hall–Kier alpha value is -1.84. The molecule has 0 amide bonds. The van der Waals surface area contributed by atoms with Crippen molar-refractivity contribution in [3.8, 4) is 0 Å². The van der Waals surface area contributed by atoms with Crippen LogP contribution in [0.2, 0.25) is 0 Å². The van der Waals surface area contributed by atoms with Gasteiger partial charge in [0.05, 0.1) is 18.8 Å². The minimum Gasteiger partial charge on any atom is -0.377 e. The molecule has 0 aliphatic rings. The van der Waals surface area contributed by atoms with Crippen LogP contribution in [0.1, 0.15) is 45.2 Å². The Labute approximate surface area is 173 Å². The van der Waals surface area contributed by atoms with E-state index in [4.69, 9.17) is 4.74 Å². The first kappa shape index (κ1) is 24.2. The summed E-state index contributed by atoms with van der Waals surface area (Å²) in [6.45, 7) is 25.7. The fourth-order valence-electron chi connectivity index (χ4n) is 3.15. The molecule has 1 N–H and O–H groups in total. The van der Waals surface area contributed by atoms with E-state index in [0.717, 1.165) is 31.6 Å². The van der Waals surface area contributed by atoms with E-state index in [0.29, 0.717) is 13.2 Å². The zero-order valence-corrected chi connectivity index (χ0v) is 18.7. The maximum absolute atomic E-state index is 6.10. The highest BCUT2D eigenvalue weighted by molar-refractivity contribution is 5.22. The number of rotatable bonds is 14. The van der Waals surface area contributed by atoms with Gasteiger partial charge in [-0.1, -0.05) is 48.6 Å². The van der Waals surface area contributed by atoms with Crippen molar-refractivity contribution in [3.05, 3.63) is 73.0 Å². The van der Waals surface area contributed by atoms with Crippen molar-refractivity contribution in [1.29, 1.82) is 0 Å². The zero-order valence-electron chi connectivity index (χ0n) is 18.7. The summed E-state index contributed by atoms with van der Waals surface area (Å²) in [7, 11) is 0. The lowest BCUT2D eigenvalue weighted by Crippen LogP contribution is -2.49. The average molecular weight is 385 g/mol. The van der Waals surface area contributed by atoms with Gasteiger partial charge in [-0.25, -0.2) is 0 Å². The molecular weight excluding hydrogens is 344 g/mol. The van der Waals surface area contributed by atoms with Crippen molar-refractivity contribution in [2.75, 3.05) is 26.3 Å². The number of nitrogens with one attached hydrogen (secondary N) is 1. The minimum absolute atomic E-state index is 0.0873. The second kappa shape index (κ2) is 11.2. The maximum atomic E-state index is 6.10. The van der Waals surface area contributed by atoms with Gasteiger partial charge >= 0.3 is 0 Å². The Morgan fingerprint density at radius 2 is 1.71 bits per heavy atom. The highest BCUT2D eigenvalue weighted by Gasteiger charge is 2.28. The molecule has 1 aromatic rings. The SMILES string of the molecule is C=CCNC(C)(C)COCC(C)(C)N(CC=C)C(=C)CCc1ccc(C)cc1. The summed E-state index contributed by atoms with van der Waals surface area (Å²) >= 11 is 0. The topological polar surface area (TPSA) is 24.5 Å². The van der Waals surface area contributed by atoms with Gasteiger partial charge in [-0.05, 0) is 53.0 Å². The second-order valence-electron chi connectivity index (χ2n) is 8.81. The van der Waals surface area contributed by atoms with Crippen LogP contribution in [0.5, 0.6) is 0 Å². The van der Waals surface area contributed by atoms with Crippen LogP contribution in [0.4, 0.5) is 0 Å². The number of nitrogens with zero attached hydrogens (tertiary/aromatic N) is 1. The highest BCUT2D eigenvalue weighted by Crippen LogP contribution is 2.23. The predicted molar refractivity (Wildman–Crippen MR) is 123 cm³/mol. The van der Waals surface area contributed by atoms with Gasteiger partial charge in [0.1, 0.15) is 0 Å². The van der Waals surface area contributed by atoms with Crippen molar-refractivity contribution in [3.63, 3.8) is 0 Å². The average Bonchev–Trinajstić information content (AvgIpc) is 2.63. The fourth-order valence-corrected chi connectivity index (χ4v) is 3.15. The van der Waals surface area contributed by atoms with Crippen LogP contribution in [-0.4, -0.2) is 42.3 Å². The lowest BCUT2D eigenvalue weighted by Gasteiger charge is -2.41. The van der Waals surface area contributed by atoms with Gasteiger partial charge in [0.2, 0.25) is 0 Å². The Kier molecular flexibility index (Phi) is 9.71. The van der Waals surface area contributed by atoms with Crippen LogP contribution in [0.15, 0.2) is 61.9 Å².